The predicted molar refractivity (Wildman–Crippen MR) is 431 cm³/mol. The number of methoxy groups -OCH3 is 2. The Bertz CT molecular complexity index is 4540. The number of piperidine rings is 1. The van der Waals surface area contributed by atoms with Crippen molar-refractivity contribution < 1.29 is 106 Å². The quantitative estimate of drug-likeness (QED) is 0.0239. The number of rotatable bonds is 46. The summed E-state index contributed by atoms with van der Waals surface area (Å²) in [5, 5.41) is 79.2. The van der Waals surface area contributed by atoms with Crippen LogP contribution in [0.2, 0.25) is 5.02 Å². The molecule has 7 rings (SSSR count). The molecule has 3 heterocycles. The smallest absolute Gasteiger partial charge is 0.407 e. The molecule has 0 spiro atoms. The van der Waals surface area contributed by atoms with Gasteiger partial charge in [0.2, 0.25) is 59.1 Å². The number of likely N-dealkylation sites (tertiary alicyclic amines) is 1. The first-order valence-corrected chi connectivity index (χ1v) is 39.3. The molecular weight excluding hydrogens is 1590 g/mol. The number of carbonyl (C=O) groups excluding carboxylic acids is 11. The molecule has 0 bridgehead atoms. The Balaban J connectivity index is 1.09. The van der Waals surface area contributed by atoms with Gasteiger partial charge in [-0.05, 0) is 162 Å². The summed E-state index contributed by atoms with van der Waals surface area (Å²) < 4.78 is 31.5. The molecule has 0 radical (unpaired) electrons. The number of alkyl carbamates (subject to hydrolysis) is 1. The average Bonchev–Trinajstić information content (AvgIpc) is 1.13. The summed E-state index contributed by atoms with van der Waals surface area (Å²) in [4.78, 5) is 196. The second-order valence-electron chi connectivity index (χ2n) is 29.6. The number of nitrogens with zero attached hydrogens (tertiary/aromatic N) is 3. The van der Waals surface area contributed by atoms with Crippen molar-refractivity contribution >= 4 is 88.7 Å². The molecule has 39 heteroatoms. The highest BCUT2D eigenvalue weighted by atomic mass is 35.5. The van der Waals surface area contributed by atoms with Crippen LogP contribution in [0.1, 0.15) is 126 Å². The van der Waals surface area contributed by atoms with Gasteiger partial charge in [-0.2, -0.15) is 0 Å². The number of ether oxygens (including phenoxy) is 3. The predicted octanol–water partition coefficient (Wildman–Crippen LogP) is 1.25. The van der Waals surface area contributed by atoms with E-state index in [0.29, 0.717) is 58.3 Å². The summed E-state index contributed by atoms with van der Waals surface area (Å²) >= 11 is 6.13. The first-order valence-electron chi connectivity index (χ1n) is 38.9. The molecule has 1 saturated heterocycles. The van der Waals surface area contributed by atoms with Gasteiger partial charge >= 0.3 is 18.0 Å². The molecule has 650 valence electrons. The van der Waals surface area contributed by atoms with Crippen molar-refractivity contribution in [3.8, 4) is 22.6 Å². The Kier molecular flexibility index (Phi) is 35.8. The van der Waals surface area contributed by atoms with E-state index in [0.717, 1.165) is 50.6 Å². The fraction of sp³-hybridized carbons (Fsp3) is 0.469. The number of aromatic nitrogens is 4. The third-order valence-corrected chi connectivity index (χ3v) is 20.7. The second-order valence-corrected chi connectivity index (χ2v) is 30.0. The summed E-state index contributed by atoms with van der Waals surface area (Å²) in [6.45, 7) is 7.48. The second kappa shape index (κ2) is 45.2. The van der Waals surface area contributed by atoms with Crippen molar-refractivity contribution in [1.82, 2.24) is 78.0 Å². The highest BCUT2D eigenvalue weighted by Gasteiger charge is 2.48. The zero-order chi connectivity index (χ0) is 88.1. The third-order valence-electron chi connectivity index (χ3n) is 20.5. The highest BCUT2D eigenvalue weighted by Crippen LogP contribution is 2.32. The molecule has 11 amide bonds. The molecular formula is C81H106ClFN16O21. The van der Waals surface area contributed by atoms with Crippen LogP contribution in [0.5, 0.6) is 11.5 Å². The first kappa shape index (κ1) is 95.0. The SMILES string of the molecule is CCc1cc(OC)ccc1-c1ccc(C[C@H](NC(=O)[C@H](CC(=O)O)NC(=O)[C@H](CCc2c[nH]cn2)NC(=O)[C@@H](NC(=O)[C@](C)(CCc2ccccc2F)NC(=O)[C@@H](NC(=O)CNC(O)[C@H](CCC(=O)O)NC(=O)[C@]2(C)CCCCN2C(=O)[C@H](Cc2c[nH]cn2)NC(=O)OC)[C@@H](C)O)[C@@H](C)O)C(=O)N[C@@H](CCOc2ccc(Cl)cc2C)C(N)=O)cc1. The van der Waals surface area contributed by atoms with E-state index in [-0.39, 0.29) is 63.7 Å². The first-order chi connectivity index (χ1) is 56.9. The van der Waals surface area contributed by atoms with E-state index < -0.39 is 193 Å². The summed E-state index contributed by atoms with van der Waals surface area (Å²) in [6.07, 6.45) is -3.34. The number of amides is 11. The number of aryl methyl sites for hydroxylation is 4. The Morgan fingerprint density at radius 3 is 1.94 bits per heavy atom. The molecule has 4 aromatic carbocycles. The lowest BCUT2D eigenvalue weighted by Gasteiger charge is -2.45. The lowest BCUT2D eigenvalue weighted by Crippen LogP contribution is -2.67. The zero-order valence-electron chi connectivity index (χ0n) is 67.7. The van der Waals surface area contributed by atoms with Crippen LogP contribution in [-0.4, -0.2) is 239 Å². The van der Waals surface area contributed by atoms with Crippen molar-refractivity contribution in [3.05, 3.63) is 154 Å². The number of halogens is 2. The number of hydrogen-bond acceptors (Lipinski definition) is 22. The zero-order valence-corrected chi connectivity index (χ0v) is 68.5. The molecule has 120 heavy (non-hydrogen) atoms. The van der Waals surface area contributed by atoms with E-state index in [4.69, 9.17) is 31.5 Å². The van der Waals surface area contributed by atoms with Gasteiger partial charge in [-0.1, -0.05) is 67.1 Å². The van der Waals surface area contributed by atoms with E-state index in [9.17, 15) is 83.1 Å². The monoisotopic (exact) mass is 1690 g/mol. The van der Waals surface area contributed by atoms with Crippen LogP contribution >= 0.6 is 11.6 Å². The van der Waals surface area contributed by atoms with Crippen LogP contribution < -0.4 is 68.4 Å². The van der Waals surface area contributed by atoms with Gasteiger partial charge in [0.1, 0.15) is 76.9 Å². The molecule has 19 N–H and O–H groups in total. The van der Waals surface area contributed by atoms with Gasteiger partial charge in [-0.25, -0.2) is 19.2 Å². The third kappa shape index (κ3) is 27.7. The number of aliphatic carboxylic acids is 2. The number of imidazole rings is 2. The van der Waals surface area contributed by atoms with Gasteiger partial charge in [-0.3, -0.25) is 62.9 Å². The van der Waals surface area contributed by atoms with Crippen molar-refractivity contribution in [2.24, 2.45) is 5.73 Å². The lowest BCUT2D eigenvalue weighted by molar-refractivity contribution is -0.152. The summed E-state index contributed by atoms with van der Waals surface area (Å²) in [6, 6.07) is 9.17. The van der Waals surface area contributed by atoms with Crippen molar-refractivity contribution in [3.63, 3.8) is 0 Å². The van der Waals surface area contributed by atoms with Gasteiger partial charge < -0.3 is 108 Å². The minimum atomic E-state index is -2.29. The van der Waals surface area contributed by atoms with Gasteiger partial charge in [-0.15, -0.1) is 0 Å². The Morgan fingerprint density at radius 1 is 0.683 bits per heavy atom. The fourth-order valence-corrected chi connectivity index (χ4v) is 13.7. The van der Waals surface area contributed by atoms with Crippen LogP contribution in [0.3, 0.4) is 0 Å². The van der Waals surface area contributed by atoms with E-state index in [1.807, 2.05) is 19.1 Å². The number of carboxylic acids is 2. The number of hydrogen-bond donors (Lipinski definition) is 18. The molecule has 6 aromatic rings. The Labute approximate surface area is 696 Å². The number of carboxylic acid groups (broad SMARTS) is 2. The molecule has 0 aliphatic carbocycles. The largest absolute Gasteiger partial charge is 0.497 e. The Hall–Kier alpha value is -12.1. The number of benzene rings is 4. The summed E-state index contributed by atoms with van der Waals surface area (Å²) in [5.74, 6) is -13.5. The maximum absolute atomic E-state index is 15.4. The molecule has 2 aromatic heterocycles. The summed E-state index contributed by atoms with van der Waals surface area (Å²) in [5.41, 5.74) is 6.37. The number of nitrogens with two attached hydrogens (primary N) is 1. The van der Waals surface area contributed by atoms with Crippen molar-refractivity contribution in [2.45, 2.75) is 209 Å². The van der Waals surface area contributed by atoms with Crippen LogP contribution in [0.4, 0.5) is 9.18 Å². The molecule has 1 aliphatic rings. The lowest BCUT2D eigenvalue weighted by atomic mass is 9.86. The van der Waals surface area contributed by atoms with E-state index in [1.165, 1.54) is 55.1 Å². The topological polar surface area (TPSA) is 558 Å². The van der Waals surface area contributed by atoms with E-state index in [1.54, 1.807) is 62.6 Å². The minimum absolute atomic E-state index is 0.0279. The highest BCUT2D eigenvalue weighted by molar-refractivity contribution is 6.30. The van der Waals surface area contributed by atoms with Crippen molar-refractivity contribution in [2.75, 3.05) is 33.9 Å². The molecule has 1 fully saturated rings. The van der Waals surface area contributed by atoms with Gasteiger partial charge in [0.25, 0.3) is 0 Å². The average molecular weight is 1690 g/mol. The van der Waals surface area contributed by atoms with Gasteiger partial charge in [0.05, 0.1) is 76.1 Å². The standard InChI is InChI=1S/C81H106ClFN16O21/c1-9-48-36-54(118-7)22-23-55(48)49-18-16-47(17-19-49)35-60(72(110)90-57(69(84)107)29-33-120-63-26-20-51(82)34-44(63)2)92-73(111)61(38-66(105)106)93-71(109)59(24-21-52-39-85-42-88-52)91-74(112)67(45(3)100)97-77(115)80(5,31-28-50-14-10-11-15-56(50)83)98-75(113)68(46(4)101)96-64(102)41-87-70(108)58(25-27-65(103)104)94-78(116)81(6)30-12-13-32-99(81)76(114)62(95-79(117)119-8)37-53-40-86-43-89-53/h10-11,14-20,22-23,26,34,36,39-40,42-43,45-46,57-62,67-68,70,87,100-101,108H,9,12-13,21,24-25,27-33,35,37-38,41H2,1-8H3,(H2,84,107)(H,85,88)(H,86,89)(H,90,110)(H,91,112)(H,92,111)(H,93,109)(H,94,116)(H,95,117)(H,96,102)(H,97,115)(H,98,113)(H,103,104)(H,105,106)/t45-,46-,57+,58+,59+,60+,61+,62+,67+,68+,70?,80+,81+/m1/s1. The number of carbonyl (C=O) groups is 13. The Morgan fingerprint density at radius 2 is 1.32 bits per heavy atom. The van der Waals surface area contributed by atoms with Crippen LogP contribution in [0.15, 0.2) is 110 Å². The van der Waals surface area contributed by atoms with E-state index in [2.05, 4.69) is 73.1 Å². The number of aliphatic hydroxyl groups excluding tert-OH is 3. The number of nitrogens with one attached hydrogen (secondary N) is 12. The number of aliphatic hydroxyl groups is 3. The molecule has 1 aliphatic heterocycles. The minimum Gasteiger partial charge on any atom is -0.497 e. The van der Waals surface area contributed by atoms with Crippen molar-refractivity contribution in [1.29, 1.82) is 0 Å². The molecule has 13 atom stereocenters. The molecule has 37 nitrogen and oxygen atoms in total. The van der Waals surface area contributed by atoms with Crippen LogP contribution in [0, 0.1) is 12.7 Å². The molecule has 1 unspecified atom stereocenters. The number of H-pyrrole nitrogens is 2. The van der Waals surface area contributed by atoms with Crippen LogP contribution in [-0.2, 0) is 94.4 Å². The van der Waals surface area contributed by atoms with Gasteiger partial charge in [0.15, 0.2) is 0 Å². The normalized spacial score (nSPS) is 16.5. The van der Waals surface area contributed by atoms with Gasteiger partial charge in [0, 0.05) is 49.6 Å². The summed E-state index contributed by atoms with van der Waals surface area (Å²) in [7, 11) is 2.65. The maximum Gasteiger partial charge on any atom is 0.407 e. The molecule has 0 saturated carbocycles. The number of primary amides is 1. The maximum atomic E-state index is 15.4. The van der Waals surface area contributed by atoms with Crippen LogP contribution in [0.25, 0.3) is 11.1 Å². The van der Waals surface area contributed by atoms with E-state index >= 15 is 9.18 Å². The fourth-order valence-electron chi connectivity index (χ4n) is 13.5. The number of aromatic amines is 2.